The molecule has 3 nitrogen and oxygen atoms in total. The summed E-state index contributed by atoms with van der Waals surface area (Å²) in [5.41, 5.74) is 0. The first-order valence-corrected chi connectivity index (χ1v) is 8.12. The third-order valence-electron chi connectivity index (χ3n) is 4.57. The summed E-state index contributed by atoms with van der Waals surface area (Å²) in [5.74, 6) is 1.78. The number of nitrogens with zero attached hydrogens (tertiary/aromatic N) is 1. The Morgan fingerprint density at radius 1 is 1.26 bits per heavy atom. The van der Waals surface area contributed by atoms with Gasteiger partial charge in [-0.1, -0.05) is 20.3 Å². The molecule has 1 fully saturated rings. The van der Waals surface area contributed by atoms with Gasteiger partial charge >= 0.3 is 0 Å². The normalized spacial score (nSPS) is 27.9. The molecule has 114 valence electrons. The average Bonchev–Trinajstić information content (AvgIpc) is 2.41. The Bertz CT molecular complexity index is 223. The predicted octanol–water partition coefficient (Wildman–Crippen LogP) is 2.76. The zero-order valence-electron chi connectivity index (χ0n) is 13.5. The largest absolute Gasteiger partial charge is 0.385 e. The van der Waals surface area contributed by atoms with Crippen LogP contribution >= 0.6 is 0 Å². The summed E-state index contributed by atoms with van der Waals surface area (Å²) < 4.78 is 5.14. The lowest BCUT2D eigenvalue weighted by molar-refractivity contribution is 0.139. The topological polar surface area (TPSA) is 24.5 Å². The fourth-order valence-corrected chi connectivity index (χ4v) is 3.44. The molecule has 19 heavy (non-hydrogen) atoms. The highest BCUT2D eigenvalue weighted by molar-refractivity contribution is 4.85. The molecule has 3 unspecified atom stereocenters. The van der Waals surface area contributed by atoms with E-state index in [0.717, 1.165) is 44.0 Å². The van der Waals surface area contributed by atoms with Crippen LogP contribution in [0.15, 0.2) is 0 Å². The first kappa shape index (κ1) is 16.9. The fraction of sp³-hybridized carbons (Fsp3) is 1.00. The van der Waals surface area contributed by atoms with Crippen LogP contribution in [0.25, 0.3) is 0 Å². The standard InChI is InChI=1S/C16H34N2O/c1-5-14-8-9-16(17-6-2)15(12-14)13-18(3)10-7-11-19-4/h14-17H,5-13H2,1-4H3. The summed E-state index contributed by atoms with van der Waals surface area (Å²) in [5, 5.41) is 3.70. The van der Waals surface area contributed by atoms with Crippen molar-refractivity contribution >= 4 is 0 Å². The van der Waals surface area contributed by atoms with Crippen molar-refractivity contribution in [2.24, 2.45) is 11.8 Å². The fourth-order valence-electron chi connectivity index (χ4n) is 3.44. The van der Waals surface area contributed by atoms with Crippen molar-refractivity contribution in [3.63, 3.8) is 0 Å². The summed E-state index contributed by atoms with van der Waals surface area (Å²) in [6, 6.07) is 0.734. The number of methoxy groups -OCH3 is 1. The molecule has 0 saturated heterocycles. The van der Waals surface area contributed by atoms with Crippen molar-refractivity contribution in [1.82, 2.24) is 10.2 Å². The molecule has 3 atom stereocenters. The molecule has 0 bridgehead atoms. The van der Waals surface area contributed by atoms with E-state index in [0.29, 0.717) is 0 Å². The maximum atomic E-state index is 5.14. The maximum Gasteiger partial charge on any atom is 0.0474 e. The molecular weight excluding hydrogens is 236 g/mol. The molecule has 0 aromatic rings. The Hall–Kier alpha value is -0.120. The van der Waals surface area contributed by atoms with E-state index >= 15 is 0 Å². The van der Waals surface area contributed by atoms with Crippen molar-refractivity contribution < 1.29 is 4.74 Å². The summed E-state index contributed by atoms with van der Waals surface area (Å²) in [6.07, 6.45) is 6.68. The van der Waals surface area contributed by atoms with Crippen molar-refractivity contribution in [2.75, 3.05) is 40.4 Å². The summed E-state index contributed by atoms with van der Waals surface area (Å²) in [6.45, 7) is 8.94. The quantitative estimate of drug-likeness (QED) is 0.652. The van der Waals surface area contributed by atoms with Crippen LogP contribution in [-0.4, -0.2) is 51.3 Å². The van der Waals surface area contributed by atoms with Crippen LogP contribution in [-0.2, 0) is 4.74 Å². The van der Waals surface area contributed by atoms with Gasteiger partial charge in [0.15, 0.2) is 0 Å². The van der Waals surface area contributed by atoms with Gasteiger partial charge < -0.3 is 15.0 Å². The van der Waals surface area contributed by atoms with Gasteiger partial charge in [-0.25, -0.2) is 0 Å². The van der Waals surface area contributed by atoms with Gasteiger partial charge in [-0.3, -0.25) is 0 Å². The zero-order chi connectivity index (χ0) is 14.1. The summed E-state index contributed by atoms with van der Waals surface area (Å²) >= 11 is 0. The van der Waals surface area contributed by atoms with Gasteiger partial charge in [0.05, 0.1) is 0 Å². The van der Waals surface area contributed by atoms with E-state index in [1.54, 1.807) is 7.11 Å². The molecule has 0 aliphatic heterocycles. The van der Waals surface area contributed by atoms with E-state index in [4.69, 9.17) is 4.74 Å². The molecule has 0 aromatic heterocycles. The van der Waals surface area contributed by atoms with Gasteiger partial charge in [0.25, 0.3) is 0 Å². The van der Waals surface area contributed by atoms with E-state index in [9.17, 15) is 0 Å². The van der Waals surface area contributed by atoms with Gasteiger partial charge in [-0.2, -0.15) is 0 Å². The van der Waals surface area contributed by atoms with E-state index in [-0.39, 0.29) is 0 Å². The molecule has 0 heterocycles. The Labute approximate surface area is 120 Å². The van der Waals surface area contributed by atoms with Crippen LogP contribution in [0.2, 0.25) is 0 Å². The van der Waals surface area contributed by atoms with Crippen LogP contribution in [0.5, 0.6) is 0 Å². The maximum absolute atomic E-state index is 5.14. The molecule has 0 aromatic carbocycles. The van der Waals surface area contributed by atoms with E-state index < -0.39 is 0 Å². The summed E-state index contributed by atoms with van der Waals surface area (Å²) in [7, 11) is 4.04. The zero-order valence-corrected chi connectivity index (χ0v) is 13.5. The highest BCUT2D eigenvalue weighted by atomic mass is 16.5. The SMILES string of the molecule is CCNC1CCC(CC)CC1CN(C)CCCOC. The molecule has 3 heteroatoms. The minimum absolute atomic E-state index is 0.734. The van der Waals surface area contributed by atoms with Gasteiger partial charge in [0.1, 0.15) is 0 Å². The minimum Gasteiger partial charge on any atom is -0.385 e. The molecule has 1 aliphatic carbocycles. The van der Waals surface area contributed by atoms with Crippen molar-refractivity contribution in [3.05, 3.63) is 0 Å². The van der Waals surface area contributed by atoms with Crippen LogP contribution in [0, 0.1) is 11.8 Å². The monoisotopic (exact) mass is 270 g/mol. The predicted molar refractivity (Wildman–Crippen MR) is 82.6 cm³/mol. The Balaban J connectivity index is 2.39. The molecule has 1 rings (SSSR count). The molecule has 1 saturated carbocycles. The van der Waals surface area contributed by atoms with Crippen molar-refractivity contribution in [2.45, 2.75) is 52.0 Å². The van der Waals surface area contributed by atoms with Gasteiger partial charge in [0, 0.05) is 32.8 Å². The van der Waals surface area contributed by atoms with E-state index in [2.05, 4.69) is 31.1 Å². The number of hydrogen-bond acceptors (Lipinski definition) is 3. The van der Waals surface area contributed by atoms with Crippen molar-refractivity contribution in [1.29, 1.82) is 0 Å². The summed E-state index contributed by atoms with van der Waals surface area (Å²) in [4.78, 5) is 2.49. The Morgan fingerprint density at radius 2 is 2.05 bits per heavy atom. The lowest BCUT2D eigenvalue weighted by Crippen LogP contribution is -2.45. The van der Waals surface area contributed by atoms with E-state index in [1.165, 1.54) is 32.2 Å². The van der Waals surface area contributed by atoms with Crippen LogP contribution in [0.4, 0.5) is 0 Å². The van der Waals surface area contributed by atoms with Gasteiger partial charge in [-0.15, -0.1) is 0 Å². The van der Waals surface area contributed by atoms with Crippen LogP contribution in [0.3, 0.4) is 0 Å². The van der Waals surface area contributed by atoms with E-state index in [1.807, 2.05) is 0 Å². The molecule has 1 aliphatic rings. The first-order valence-electron chi connectivity index (χ1n) is 8.12. The van der Waals surface area contributed by atoms with Crippen LogP contribution < -0.4 is 5.32 Å². The molecular formula is C16H34N2O. The first-order chi connectivity index (χ1) is 9.21. The van der Waals surface area contributed by atoms with Gasteiger partial charge in [-0.05, 0) is 51.1 Å². The van der Waals surface area contributed by atoms with Gasteiger partial charge in [0.2, 0.25) is 0 Å². The minimum atomic E-state index is 0.734. The van der Waals surface area contributed by atoms with Crippen LogP contribution in [0.1, 0.15) is 46.0 Å². The Kier molecular flexibility index (Phi) is 8.67. The lowest BCUT2D eigenvalue weighted by atomic mass is 9.76. The lowest BCUT2D eigenvalue weighted by Gasteiger charge is -2.38. The average molecular weight is 270 g/mol. The number of rotatable bonds is 9. The molecule has 0 spiro atoms. The number of nitrogens with one attached hydrogen (secondary N) is 1. The second-order valence-electron chi connectivity index (χ2n) is 6.12. The molecule has 1 N–H and O–H groups in total. The number of hydrogen-bond donors (Lipinski definition) is 1. The second-order valence-corrected chi connectivity index (χ2v) is 6.12. The van der Waals surface area contributed by atoms with Crippen molar-refractivity contribution in [3.8, 4) is 0 Å². The number of ether oxygens (including phenoxy) is 1. The highest BCUT2D eigenvalue weighted by Gasteiger charge is 2.29. The third kappa shape index (κ3) is 6.24. The second kappa shape index (κ2) is 9.73. The Morgan fingerprint density at radius 3 is 2.68 bits per heavy atom. The third-order valence-corrected chi connectivity index (χ3v) is 4.57. The molecule has 0 radical (unpaired) electrons. The highest BCUT2D eigenvalue weighted by Crippen LogP contribution is 2.31. The molecule has 0 amide bonds. The smallest absolute Gasteiger partial charge is 0.0474 e.